The minimum absolute atomic E-state index is 0.452. The molecular formula is C14H19ClN2O. The molecule has 0 saturated heterocycles. The first-order valence-corrected chi connectivity index (χ1v) is 6.88. The number of aromatic nitrogens is 2. The summed E-state index contributed by atoms with van der Waals surface area (Å²) >= 11 is 5.94. The Morgan fingerprint density at radius 3 is 2.83 bits per heavy atom. The SMILES string of the molecule is CCc1nc(Cl)cc(OCC2CC=CCC2C)n1. The van der Waals surface area contributed by atoms with E-state index in [1.54, 1.807) is 6.07 Å². The van der Waals surface area contributed by atoms with Gasteiger partial charge in [-0.05, 0) is 24.7 Å². The number of hydrogen-bond acceptors (Lipinski definition) is 3. The van der Waals surface area contributed by atoms with Gasteiger partial charge in [-0.2, -0.15) is 4.98 Å². The van der Waals surface area contributed by atoms with Gasteiger partial charge in [0.05, 0.1) is 6.61 Å². The molecule has 0 spiro atoms. The summed E-state index contributed by atoms with van der Waals surface area (Å²) < 4.78 is 5.77. The van der Waals surface area contributed by atoms with Crippen LogP contribution in [0.15, 0.2) is 18.2 Å². The molecule has 0 N–H and O–H groups in total. The van der Waals surface area contributed by atoms with Crippen LogP contribution in [0.5, 0.6) is 5.88 Å². The van der Waals surface area contributed by atoms with Gasteiger partial charge in [-0.15, -0.1) is 0 Å². The van der Waals surface area contributed by atoms with Crippen LogP contribution < -0.4 is 4.74 Å². The second-order valence-electron chi connectivity index (χ2n) is 4.79. The van der Waals surface area contributed by atoms with Crippen LogP contribution in [0.1, 0.15) is 32.5 Å². The summed E-state index contributed by atoms with van der Waals surface area (Å²) in [5.41, 5.74) is 0. The Labute approximate surface area is 113 Å². The van der Waals surface area contributed by atoms with Gasteiger partial charge in [0.1, 0.15) is 11.0 Å². The van der Waals surface area contributed by atoms with Gasteiger partial charge in [0, 0.05) is 12.5 Å². The van der Waals surface area contributed by atoms with Crippen LogP contribution in [0, 0.1) is 11.8 Å². The van der Waals surface area contributed by atoms with Crippen LogP contribution in [-0.2, 0) is 6.42 Å². The van der Waals surface area contributed by atoms with E-state index in [1.807, 2.05) is 6.92 Å². The first kappa shape index (κ1) is 13.3. The van der Waals surface area contributed by atoms with Crippen LogP contribution >= 0.6 is 11.6 Å². The largest absolute Gasteiger partial charge is 0.477 e. The Hall–Kier alpha value is -1.09. The molecule has 3 nitrogen and oxygen atoms in total. The molecule has 1 aromatic rings. The van der Waals surface area contributed by atoms with E-state index in [2.05, 4.69) is 29.0 Å². The average molecular weight is 267 g/mol. The minimum atomic E-state index is 0.452. The van der Waals surface area contributed by atoms with E-state index in [1.165, 1.54) is 0 Å². The van der Waals surface area contributed by atoms with Gasteiger partial charge in [-0.3, -0.25) is 0 Å². The maximum atomic E-state index is 5.94. The van der Waals surface area contributed by atoms with E-state index in [-0.39, 0.29) is 0 Å². The lowest BCUT2D eigenvalue weighted by molar-refractivity contribution is 0.192. The number of ether oxygens (including phenoxy) is 1. The molecule has 2 unspecified atom stereocenters. The van der Waals surface area contributed by atoms with Gasteiger partial charge in [0.2, 0.25) is 5.88 Å². The Morgan fingerprint density at radius 1 is 1.33 bits per heavy atom. The monoisotopic (exact) mass is 266 g/mol. The fourth-order valence-corrected chi connectivity index (χ4v) is 2.30. The standard InChI is InChI=1S/C14H19ClN2O/c1-3-13-16-12(15)8-14(17-13)18-9-11-7-5-4-6-10(11)2/h4-5,8,10-11H,3,6-7,9H2,1-2H3. The number of hydrogen-bond donors (Lipinski definition) is 0. The quantitative estimate of drug-likeness (QED) is 0.616. The molecule has 4 heteroatoms. The Kier molecular flexibility index (Phi) is 4.59. The number of aryl methyl sites for hydroxylation is 1. The molecule has 0 radical (unpaired) electrons. The Balaban J connectivity index is 1.97. The molecule has 18 heavy (non-hydrogen) atoms. The average Bonchev–Trinajstić information content (AvgIpc) is 2.37. The van der Waals surface area contributed by atoms with Crippen LogP contribution in [0.2, 0.25) is 5.15 Å². The van der Waals surface area contributed by atoms with Crippen molar-refractivity contribution in [1.82, 2.24) is 9.97 Å². The summed E-state index contributed by atoms with van der Waals surface area (Å²) in [4.78, 5) is 8.45. The van der Waals surface area contributed by atoms with Gasteiger partial charge in [-0.25, -0.2) is 4.98 Å². The van der Waals surface area contributed by atoms with Crippen molar-refractivity contribution < 1.29 is 4.74 Å². The molecule has 1 aliphatic rings. The molecule has 2 rings (SSSR count). The highest BCUT2D eigenvalue weighted by Crippen LogP contribution is 2.25. The van der Waals surface area contributed by atoms with E-state index < -0.39 is 0 Å². The van der Waals surface area contributed by atoms with E-state index in [0.29, 0.717) is 29.5 Å². The Morgan fingerprint density at radius 2 is 2.11 bits per heavy atom. The second kappa shape index (κ2) is 6.19. The molecule has 1 aliphatic carbocycles. The normalized spacial score (nSPS) is 23.1. The topological polar surface area (TPSA) is 35.0 Å². The smallest absolute Gasteiger partial charge is 0.218 e. The lowest BCUT2D eigenvalue weighted by Gasteiger charge is -2.24. The predicted octanol–water partition coefficient (Wildman–Crippen LogP) is 3.67. The summed E-state index contributed by atoms with van der Waals surface area (Å²) in [6.45, 7) is 4.97. The molecule has 1 heterocycles. The summed E-state index contributed by atoms with van der Waals surface area (Å²) in [7, 11) is 0. The zero-order chi connectivity index (χ0) is 13.0. The van der Waals surface area contributed by atoms with Crippen molar-refractivity contribution in [2.75, 3.05) is 6.61 Å². The lowest BCUT2D eigenvalue weighted by atomic mass is 9.85. The molecule has 1 aromatic heterocycles. The van der Waals surface area contributed by atoms with Gasteiger partial charge in [-0.1, -0.05) is 37.6 Å². The van der Waals surface area contributed by atoms with Crippen molar-refractivity contribution in [1.29, 1.82) is 0 Å². The van der Waals surface area contributed by atoms with Crippen molar-refractivity contribution in [2.45, 2.75) is 33.1 Å². The number of rotatable bonds is 4. The fourth-order valence-electron chi connectivity index (χ4n) is 2.11. The molecule has 0 bridgehead atoms. The molecule has 0 aliphatic heterocycles. The summed E-state index contributed by atoms with van der Waals surface area (Å²) in [6.07, 6.45) is 7.47. The minimum Gasteiger partial charge on any atom is -0.477 e. The van der Waals surface area contributed by atoms with E-state index >= 15 is 0 Å². The zero-order valence-electron chi connectivity index (χ0n) is 10.9. The highest BCUT2D eigenvalue weighted by Gasteiger charge is 2.19. The summed E-state index contributed by atoms with van der Waals surface area (Å²) in [6, 6.07) is 1.68. The summed E-state index contributed by atoms with van der Waals surface area (Å²) in [5, 5.41) is 0.452. The molecule has 2 atom stereocenters. The molecule has 0 aromatic carbocycles. The number of halogens is 1. The first-order valence-electron chi connectivity index (χ1n) is 6.50. The van der Waals surface area contributed by atoms with Crippen molar-refractivity contribution >= 4 is 11.6 Å². The third-order valence-electron chi connectivity index (χ3n) is 3.40. The summed E-state index contributed by atoms with van der Waals surface area (Å²) in [5.74, 6) is 2.55. The van der Waals surface area contributed by atoms with Crippen molar-refractivity contribution in [3.8, 4) is 5.88 Å². The first-order chi connectivity index (χ1) is 8.69. The van der Waals surface area contributed by atoms with Crippen molar-refractivity contribution in [3.05, 3.63) is 29.2 Å². The van der Waals surface area contributed by atoms with Crippen LogP contribution in [0.3, 0.4) is 0 Å². The zero-order valence-corrected chi connectivity index (χ0v) is 11.7. The van der Waals surface area contributed by atoms with E-state index in [4.69, 9.17) is 16.3 Å². The Bertz CT molecular complexity index is 434. The maximum Gasteiger partial charge on any atom is 0.218 e. The lowest BCUT2D eigenvalue weighted by Crippen LogP contribution is -2.21. The molecule has 0 amide bonds. The second-order valence-corrected chi connectivity index (χ2v) is 5.18. The highest BCUT2D eigenvalue weighted by molar-refractivity contribution is 6.29. The highest BCUT2D eigenvalue weighted by atomic mass is 35.5. The number of allylic oxidation sites excluding steroid dienone is 2. The molecular weight excluding hydrogens is 248 g/mol. The van der Waals surface area contributed by atoms with E-state index in [0.717, 1.165) is 25.1 Å². The number of nitrogens with zero attached hydrogens (tertiary/aromatic N) is 2. The van der Waals surface area contributed by atoms with Crippen LogP contribution in [-0.4, -0.2) is 16.6 Å². The van der Waals surface area contributed by atoms with Crippen molar-refractivity contribution in [2.24, 2.45) is 11.8 Å². The molecule has 0 fully saturated rings. The molecule has 0 saturated carbocycles. The van der Waals surface area contributed by atoms with Gasteiger partial charge in [0.15, 0.2) is 0 Å². The van der Waals surface area contributed by atoms with E-state index in [9.17, 15) is 0 Å². The van der Waals surface area contributed by atoms with Gasteiger partial charge >= 0.3 is 0 Å². The predicted molar refractivity (Wildman–Crippen MR) is 72.9 cm³/mol. The third-order valence-corrected chi connectivity index (χ3v) is 3.59. The third kappa shape index (κ3) is 3.45. The van der Waals surface area contributed by atoms with Crippen LogP contribution in [0.4, 0.5) is 0 Å². The van der Waals surface area contributed by atoms with Gasteiger partial charge in [0.25, 0.3) is 0 Å². The van der Waals surface area contributed by atoms with Crippen LogP contribution in [0.25, 0.3) is 0 Å². The molecule has 98 valence electrons. The maximum absolute atomic E-state index is 5.94. The van der Waals surface area contributed by atoms with Gasteiger partial charge < -0.3 is 4.74 Å². The van der Waals surface area contributed by atoms with Crippen molar-refractivity contribution in [3.63, 3.8) is 0 Å². The fraction of sp³-hybridized carbons (Fsp3) is 0.571.